The third-order valence-corrected chi connectivity index (χ3v) is 0. The average molecular weight is 73.9 g/mol. The van der Waals surface area contributed by atoms with E-state index in [0.29, 0.717) is 0 Å². The Labute approximate surface area is 31.6 Å². The number of hydrogen-bond acceptors (Lipinski definition) is 2. The van der Waals surface area contributed by atoms with Crippen LogP contribution in [0.3, 0.4) is 0 Å². The summed E-state index contributed by atoms with van der Waals surface area (Å²) in [6, 6.07) is 0. The minimum atomic E-state index is 0. The van der Waals surface area contributed by atoms with Gasteiger partial charge in [0.15, 0.2) is 0 Å². The Bertz CT molecular complexity index is 29.0. The monoisotopic (exact) mass is 74.0 g/mol. The normalized spacial score (nSPS) is 2.00. The van der Waals surface area contributed by atoms with Gasteiger partial charge in [0.05, 0.1) is 8.41 Å². The predicted octanol–water partition coefficient (Wildman–Crippen LogP) is -0.933. The summed E-state index contributed by atoms with van der Waals surface area (Å²) < 4.78 is 0. The van der Waals surface area contributed by atoms with Crippen LogP contribution < -0.4 is 0 Å². The zero-order valence-corrected chi connectivity index (χ0v) is 2.13. The summed E-state index contributed by atoms with van der Waals surface area (Å²) in [4.78, 5) is 8.50. The van der Waals surface area contributed by atoms with E-state index in [2.05, 4.69) is 12.2 Å². The SMILES string of the molecule is B.O=C=S. The van der Waals surface area contributed by atoms with Gasteiger partial charge in [-0.1, -0.05) is 0 Å². The smallest absolute Gasteiger partial charge is 0.202 e. The lowest BCUT2D eigenvalue weighted by atomic mass is 10.8. The van der Waals surface area contributed by atoms with Crippen LogP contribution in [0.25, 0.3) is 0 Å². The molecule has 4 heavy (non-hydrogen) atoms. The summed E-state index contributed by atoms with van der Waals surface area (Å²) in [5.41, 5.74) is 0. The molecule has 0 unspecified atom stereocenters. The van der Waals surface area contributed by atoms with Gasteiger partial charge in [-0.05, 0) is 0 Å². The molecule has 0 saturated heterocycles. The van der Waals surface area contributed by atoms with E-state index in [1.807, 2.05) is 0 Å². The van der Waals surface area contributed by atoms with Gasteiger partial charge in [0.2, 0.25) is 5.23 Å². The standard InChI is InChI=1S/COS.BH3/c2-1-3;/h;1H3. The second-order valence-corrected chi connectivity index (χ2v) is 0.250. The molecule has 0 saturated carbocycles. The molecule has 0 aliphatic heterocycles. The molecular weight excluding hydrogens is 70.9 g/mol. The molecule has 0 heterocycles. The fourth-order valence-corrected chi connectivity index (χ4v) is 0. The Morgan fingerprint density at radius 3 is 1.75 bits per heavy atom. The van der Waals surface area contributed by atoms with Crippen molar-refractivity contribution in [3.05, 3.63) is 0 Å². The van der Waals surface area contributed by atoms with Crippen LogP contribution in [-0.4, -0.2) is 13.6 Å². The first kappa shape index (κ1) is 9.12. The number of rotatable bonds is 0. The van der Waals surface area contributed by atoms with Crippen LogP contribution >= 0.6 is 12.2 Å². The van der Waals surface area contributed by atoms with Crippen molar-refractivity contribution in [2.75, 3.05) is 0 Å². The van der Waals surface area contributed by atoms with Crippen molar-refractivity contribution in [1.29, 1.82) is 0 Å². The van der Waals surface area contributed by atoms with Gasteiger partial charge in [-0.15, -0.1) is 0 Å². The van der Waals surface area contributed by atoms with Crippen LogP contribution in [0, 0.1) is 0 Å². The molecule has 3 heteroatoms. The molecule has 0 atom stereocenters. The highest BCUT2D eigenvalue weighted by Crippen LogP contribution is 1.14. The average Bonchev–Trinajstić information content (AvgIpc) is 0.918. The van der Waals surface area contributed by atoms with Gasteiger partial charge in [-0.2, -0.15) is 0 Å². The first-order chi connectivity index (χ1) is 1.41. The minimum absolute atomic E-state index is 0. The molecular formula is CH3BOS. The summed E-state index contributed by atoms with van der Waals surface area (Å²) in [5.74, 6) is 0. The second-order valence-electron chi connectivity index (χ2n) is 0.0833. The first-order valence-corrected chi connectivity index (χ1v) is 0.816. The van der Waals surface area contributed by atoms with Crippen LogP contribution in [0.4, 0.5) is 0 Å². The molecule has 0 aromatic carbocycles. The molecule has 0 aliphatic carbocycles. The van der Waals surface area contributed by atoms with E-state index in [1.165, 1.54) is 0 Å². The quantitative estimate of drug-likeness (QED) is 0.272. The Kier molecular flexibility index (Phi) is 30.4. The maximum atomic E-state index is 8.50. The lowest BCUT2D eigenvalue weighted by Gasteiger charge is -0.970. The third-order valence-electron chi connectivity index (χ3n) is 0. The molecule has 22 valence electrons. The minimum Gasteiger partial charge on any atom is -0.220 e. The van der Waals surface area contributed by atoms with Crippen molar-refractivity contribution in [2.24, 2.45) is 0 Å². The highest BCUT2D eigenvalue weighted by atomic mass is 32.1. The summed E-state index contributed by atoms with van der Waals surface area (Å²) in [6.07, 6.45) is 0. The maximum absolute atomic E-state index is 8.50. The molecule has 0 aromatic rings. The lowest BCUT2D eigenvalue weighted by molar-refractivity contribution is 0.572. The summed E-state index contributed by atoms with van der Waals surface area (Å²) in [6.45, 7) is 0. The fraction of sp³-hybridized carbons (Fsp3) is 0. The van der Waals surface area contributed by atoms with Crippen molar-refractivity contribution in [1.82, 2.24) is 0 Å². The van der Waals surface area contributed by atoms with Gasteiger partial charge in [0, 0.05) is 12.2 Å². The van der Waals surface area contributed by atoms with Crippen LogP contribution in [0.2, 0.25) is 0 Å². The van der Waals surface area contributed by atoms with Gasteiger partial charge in [0.1, 0.15) is 0 Å². The van der Waals surface area contributed by atoms with Gasteiger partial charge in [-0.25, -0.2) is 4.79 Å². The Balaban J connectivity index is 0. The predicted molar refractivity (Wildman–Crippen MR) is 23.2 cm³/mol. The van der Waals surface area contributed by atoms with Gasteiger partial charge < -0.3 is 0 Å². The van der Waals surface area contributed by atoms with Crippen LogP contribution in [0.1, 0.15) is 0 Å². The second kappa shape index (κ2) is 13.3. The zero-order chi connectivity index (χ0) is 2.71. The fourth-order valence-electron chi connectivity index (χ4n) is 0. The summed E-state index contributed by atoms with van der Waals surface area (Å²) in [7, 11) is 0. The highest BCUT2D eigenvalue weighted by Gasteiger charge is 1.07. The van der Waals surface area contributed by atoms with E-state index in [9.17, 15) is 0 Å². The van der Waals surface area contributed by atoms with Gasteiger partial charge in [0.25, 0.3) is 0 Å². The van der Waals surface area contributed by atoms with Crippen molar-refractivity contribution >= 4 is 25.9 Å². The zero-order valence-electron chi connectivity index (χ0n) is 1.32. The van der Waals surface area contributed by atoms with Crippen molar-refractivity contribution in [3.63, 3.8) is 0 Å². The van der Waals surface area contributed by atoms with Crippen molar-refractivity contribution in [2.45, 2.75) is 0 Å². The molecule has 0 N–H and O–H groups in total. The lowest BCUT2D eigenvalue weighted by Crippen LogP contribution is -1.08. The largest absolute Gasteiger partial charge is 0.220 e. The highest BCUT2D eigenvalue weighted by molar-refractivity contribution is 7.78. The van der Waals surface area contributed by atoms with E-state index in [4.69, 9.17) is 4.79 Å². The van der Waals surface area contributed by atoms with E-state index in [-0.39, 0.29) is 8.41 Å². The third kappa shape index (κ3) is 76.5. The maximum Gasteiger partial charge on any atom is 0.202 e. The molecule has 0 radical (unpaired) electrons. The number of thiocarbonyl (C=S) groups is 1. The van der Waals surface area contributed by atoms with E-state index < -0.39 is 0 Å². The van der Waals surface area contributed by atoms with E-state index >= 15 is 0 Å². The van der Waals surface area contributed by atoms with Gasteiger partial charge >= 0.3 is 0 Å². The summed E-state index contributed by atoms with van der Waals surface area (Å²) in [5, 5.41) is 1.08. The molecule has 0 spiro atoms. The molecule has 0 amide bonds. The van der Waals surface area contributed by atoms with E-state index in [0.717, 1.165) is 5.23 Å². The molecule has 0 aromatic heterocycles. The van der Waals surface area contributed by atoms with Crippen LogP contribution in [-0.2, 0) is 4.79 Å². The molecule has 0 bridgehead atoms. The van der Waals surface area contributed by atoms with E-state index in [1.54, 1.807) is 0 Å². The van der Waals surface area contributed by atoms with Crippen molar-refractivity contribution in [3.8, 4) is 0 Å². The number of hydrogen-bond donors (Lipinski definition) is 0. The molecule has 0 aliphatic rings. The van der Waals surface area contributed by atoms with Crippen LogP contribution in [0.15, 0.2) is 0 Å². The Morgan fingerprint density at radius 1 is 1.75 bits per heavy atom. The number of carbonyl (C=O) groups excluding carboxylic acids is 1. The topological polar surface area (TPSA) is 17.1 Å². The van der Waals surface area contributed by atoms with Crippen molar-refractivity contribution < 1.29 is 4.79 Å². The Hall–Kier alpha value is -0.135. The molecule has 0 rings (SSSR count). The first-order valence-electron chi connectivity index (χ1n) is 0.408. The van der Waals surface area contributed by atoms with Gasteiger partial charge in [-0.3, -0.25) is 0 Å². The Morgan fingerprint density at radius 2 is 1.75 bits per heavy atom. The molecule has 1 nitrogen and oxygen atoms in total. The van der Waals surface area contributed by atoms with Crippen LogP contribution in [0.5, 0.6) is 0 Å². The summed E-state index contributed by atoms with van der Waals surface area (Å²) >= 11 is 3.59. The molecule has 0 fully saturated rings.